The van der Waals surface area contributed by atoms with E-state index < -0.39 is 0 Å². The lowest BCUT2D eigenvalue weighted by Gasteiger charge is -2.27. The lowest BCUT2D eigenvalue weighted by Crippen LogP contribution is -2.28. The standard InChI is InChI=1S/2C9H20O2/c1-4-5-8(2)9(11-3)6-7-10;1-4-5-6-9(2,11-3)7-8-10/h8-10H,4-7H2,1-3H3;10H,4-8H2,1-3H3. The van der Waals surface area contributed by atoms with E-state index in [1.807, 2.05) is 0 Å². The van der Waals surface area contributed by atoms with Crippen molar-refractivity contribution >= 4 is 0 Å². The first-order valence-corrected chi connectivity index (χ1v) is 8.74. The van der Waals surface area contributed by atoms with Crippen molar-refractivity contribution < 1.29 is 19.7 Å². The van der Waals surface area contributed by atoms with Gasteiger partial charge in [0, 0.05) is 27.4 Å². The molecule has 0 saturated carbocycles. The summed E-state index contributed by atoms with van der Waals surface area (Å²) in [5.74, 6) is 0.567. The van der Waals surface area contributed by atoms with E-state index >= 15 is 0 Å². The SMILES string of the molecule is CCCC(C)C(CCO)OC.CCCCC(C)(CCO)OC. The van der Waals surface area contributed by atoms with Crippen molar-refractivity contribution in [1.29, 1.82) is 0 Å². The van der Waals surface area contributed by atoms with Gasteiger partial charge in [0.05, 0.1) is 11.7 Å². The van der Waals surface area contributed by atoms with Crippen LogP contribution in [0.25, 0.3) is 0 Å². The van der Waals surface area contributed by atoms with Crippen LogP contribution < -0.4 is 0 Å². The van der Waals surface area contributed by atoms with Crippen LogP contribution >= 0.6 is 0 Å². The Balaban J connectivity index is 0. The van der Waals surface area contributed by atoms with Crippen molar-refractivity contribution in [1.82, 2.24) is 0 Å². The molecule has 0 aliphatic carbocycles. The van der Waals surface area contributed by atoms with Crippen LogP contribution in [-0.2, 0) is 9.47 Å². The van der Waals surface area contributed by atoms with Crippen LogP contribution in [-0.4, -0.2) is 49.4 Å². The third kappa shape index (κ3) is 12.4. The molecule has 0 rings (SSSR count). The van der Waals surface area contributed by atoms with Gasteiger partial charge in [-0.2, -0.15) is 0 Å². The summed E-state index contributed by atoms with van der Waals surface area (Å²) in [6, 6.07) is 0. The minimum absolute atomic E-state index is 0.106. The molecule has 0 fully saturated rings. The maximum Gasteiger partial charge on any atom is 0.0672 e. The Labute approximate surface area is 138 Å². The lowest BCUT2D eigenvalue weighted by molar-refractivity contribution is -0.0208. The second kappa shape index (κ2) is 15.7. The lowest BCUT2D eigenvalue weighted by atomic mass is 9.95. The highest BCUT2D eigenvalue weighted by Gasteiger charge is 2.21. The van der Waals surface area contributed by atoms with Gasteiger partial charge in [0.2, 0.25) is 0 Å². The van der Waals surface area contributed by atoms with Crippen molar-refractivity contribution in [2.24, 2.45) is 5.92 Å². The molecule has 3 unspecified atom stereocenters. The highest BCUT2D eigenvalue weighted by Crippen LogP contribution is 2.21. The first-order chi connectivity index (χ1) is 10.4. The van der Waals surface area contributed by atoms with Gasteiger partial charge < -0.3 is 19.7 Å². The van der Waals surface area contributed by atoms with Crippen LogP contribution in [0.5, 0.6) is 0 Å². The summed E-state index contributed by atoms with van der Waals surface area (Å²) in [5, 5.41) is 17.5. The molecule has 4 heteroatoms. The fourth-order valence-corrected chi connectivity index (χ4v) is 2.52. The van der Waals surface area contributed by atoms with Crippen LogP contribution in [0.15, 0.2) is 0 Å². The summed E-state index contributed by atoms with van der Waals surface area (Å²) < 4.78 is 10.6. The molecule has 0 radical (unpaired) electrons. The van der Waals surface area contributed by atoms with E-state index in [1.54, 1.807) is 14.2 Å². The van der Waals surface area contributed by atoms with Crippen LogP contribution in [0.3, 0.4) is 0 Å². The molecule has 0 aliphatic heterocycles. The fraction of sp³-hybridized carbons (Fsp3) is 1.00. The molecule has 0 amide bonds. The van der Waals surface area contributed by atoms with Gasteiger partial charge in [0.1, 0.15) is 0 Å². The smallest absolute Gasteiger partial charge is 0.0672 e. The van der Waals surface area contributed by atoms with Gasteiger partial charge in [-0.3, -0.25) is 0 Å². The number of rotatable bonds is 12. The fourth-order valence-electron chi connectivity index (χ4n) is 2.52. The number of methoxy groups -OCH3 is 2. The van der Waals surface area contributed by atoms with E-state index in [0.717, 1.165) is 19.3 Å². The first kappa shape index (κ1) is 24.1. The normalized spacial score (nSPS) is 16.4. The molecule has 0 aromatic carbocycles. The van der Waals surface area contributed by atoms with Crippen LogP contribution in [0.1, 0.15) is 72.6 Å². The minimum Gasteiger partial charge on any atom is -0.396 e. The Morgan fingerprint density at radius 1 is 0.955 bits per heavy atom. The average molecular weight is 321 g/mol. The van der Waals surface area contributed by atoms with Gasteiger partial charge in [0.25, 0.3) is 0 Å². The molecular formula is C18H40O4. The predicted molar refractivity (Wildman–Crippen MR) is 93.2 cm³/mol. The zero-order chi connectivity index (χ0) is 17.4. The van der Waals surface area contributed by atoms with Crippen LogP contribution in [0, 0.1) is 5.92 Å². The molecule has 0 heterocycles. The monoisotopic (exact) mass is 320 g/mol. The molecule has 0 aromatic heterocycles. The van der Waals surface area contributed by atoms with Gasteiger partial charge in [-0.15, -0.1) is 0 Å². The zero-order valence-corrected chi connectivity index (χ0v) is 15.7. The summed E-state index contributed by atoms with van der Waals surface area (Å²) in [6.45, 7) is 9.00. The molecule has 2 N–H and O–H groups in total. The molecule has 0 aromatic rings. The second-order valence-corrected chi connectivity index (χ2v) is 6.28. The van der Waals surface area contributed by atoms with E-state index in [1.165, 1.54) is 25.7 Å². The largest absolute Gasteiger partial charge is 0.396 e. The van der Waals surface area contributed by atoms with E-state index in [9.17, 15) is 0 Å². The Bertz CT molecular complexity index is 223. The number of aliphatic hydroxyl groups is 2. The summed E-state index contributed by atoms with van der Waals surface area (Å²) in [7, 11) is 3.43. The third-order valence-electron chi connectivity index (χ3n) is 4.29. The molecule has 0 bridgehead atoms. The Morgan fingerprint density at radius 3 is 1.95 bits per heavy atom. The molecule has 136 valence electrons. The summed E-state index contributed by atoms with van der Waals surface area (Å²) in [5.41, 5.74) is -0.106. The highest BCUT2D eigenvalue weighted by atomic mass is 16.5. The van der Waals surface area contributed by atoms with Gasteiger partial charge >= 0.3 is 0 Å². The third-order valence-corrected chi connectivity index (χ3v) is 4.29. The zero-order valence-electron chi connectivity index (χ0n) is 15.7. The quantitative estimate of drug-likeness (QED) is 0.574. The first-order valence-electron chi connectivity index (χ1n) is 8.74. The average Bonchev–Trinajstić information content (AvgIpc) is 2.51. The summed E-state index contributed by atoms with van der Waals surface area (Å²) in [6.07, 6.45) is 7.50. The molecule has 4 nitrogen and oxygen atoms in total. The van der Waals surface area contributed by atoms with Crippen LogP contribution in [0.4, 0.5) is 0 Å². The number of hydrogen-bond acceptors (Lipinski definition) is 4. The Morgan fingerprint density at radius 2 is 1.59 bits per heavy atom. The number of ether oxygens (including phenoxy) is 2. The van der Waals surface area contributed by atoms with E-state index in [4.69, 9.17) is 19.7 Å². The van der Waals surface area contributed by atoms with Crippen molar-refractivity contribution in [3.8, 4) is 0 Å². The van der Waals surface area contributed by atoms with Crippen LogP contribution in [0.2, 0.25) is 0 Å². The van der Waals surface area contributed by atoms with E-state index in [0.29, 0.717) is 5.92 Å². The van der Waals surface area contributed by atoms with Crippen molar-refractivity contribution in [2.45, 2.75) is 84.3 Å². The van der Waals surface area contributed by atoms with Gasteiger partial charge in [-0.1, -0.05) is 40.0 Å². The Kier molecular flexibility index (Phi) is 17.2. The van der Waals surface area contributed by atoms with Crippen molar-refractivity contribution in [2.75, 3.05) is 27.4 Å². The maximum atomic E-state index is 8.75. The summed E-state index contributed by atoms with van der Waals surface area (Å²) in [4.78, 5) is 0. The Hall–Kier alpha value is -0.160. The van der Waals surface area contributed by atoms with Crippen molar-refractivity contribution in [3.05, 3.63) is 0 Å². The van der Waals surface area contributed by atoms with Crippen molar-refractivity contribution in [3.63, 3.8) is 0 Å². The highest BCUT2D eigenvalue weighted by molar-refractivity contribution is 4.73. The summed E-state index contributed by atoms with van der Waals surface area (Å²) >= 11 is 0. The van der Waals surface area contributed by atoms with Gasteiger partial charge in [0.15, 0.2) is 0 Å². The van der Waals surface area contributed by atoms with E-state index in [-0.39, 0.29) is 24.9 Å². The molecule has 22 heavy (non-hydrogen) atoms. The second-order valence-electron chi connectivity index (χ2n) is 6.28. The number of aliphatic hydroxyl groups excluding tert-OH is 2. The molecule has 0 aliphatic rings. The number of unbranched alkanes of at least 4 members (excludes halogenated alkanes) is 1. The number of hydrogen-bond donors (Lipinski definition) is 2. The minimum atomic E-state index is -0.106. The molecule has 0 spiro atoms. The van der Waals surface area contributed by atoms with E-state index in [2.05, 4.69) is 27.7 Å². The molecular weight excluding hydrogens is 280 g/mol. The maximum absolute atomic E-state index is 8.75. The van der Waals surface area contributed by atoms with Gasteiger partial charge in [-0.05, 0) is 38.5 Å². The van der Waals surface area contributed by atoms with Gasteiger partial charge in [-0.25, -0.2) is 0 Å². The topological polar surface area (TPSA) is 58.9 Å². The molecule has 0 saturated heterocycles. The predicted octanol–water partition coefficient (Wildman–Crippen LogP) is 3.78. The molecule has 3 atom stereocenters.